The smallest absolute Gasteiger partial charge is 0.270 e. The molecule has 2 aromatic rings. The molecule has 2 atom stereocenters. The first-order chi connectivity index (χ1) is 13.5. The van der Waals surface area contributed by atoms with Crippen molar-refractivity contribution in [3.8, 4) is 0 Å². The number of halogens is 1. The fourth-order valence-electron chi connectivity index (χ4n) is 4.55. The zero-order valence-electron chi connectivity index (χ0n) is 16.0. The minimum absolute atomic E-state index is 0.0470. The fourth-order valence-corrected chi connectivity index (χ4v) is 4.55. The Balaban J connectivity index is 1.47. The molecule has 0 radical (unpaired) electrons. The van der Waals surface area contributed by atoms with Gasteiger partial charge in [0.25, 0.3) is 5.91 Å². The van der Waals surface area contributed by atoms with Crippen molar-refractivity contribution in [2.75, 3.05) is 11.4 Å². The Kier molecular flexibility index (Phi) is 4.87. The highest BCUT2D eigenvalue weighted by Gasteiger charge is 2.49. The van der Waals surface area contributed by atoms with Crippen LogP contribution in [0.3, 0.4) is 0 Å². The van der Waals surface area contributed by atoms with Gasteiger partial charge < -0.3 is 10.2 Å². The van der Waals surface area contributed by atoms with E-state index in [1.54, 1.807) is 23.1 Å². The average molecular weight is 381 g/mol. The molecule has 4 rings (SSSR count). The van der Waals surface area contributed by atoms with Crippen LogP contribution in [0.1, 0.15) is 48.3 Å². The third kappa shape index (κ3) is 3.51. The fraction of sp³-hybridized carbons (Fsp3) is 0.409. The second kappa shape index (κ2) is 7.34. The van der Waals surface area contributed by atoms with Gasteiger partial charge in [-0.15, -0.1) is 0 Å². The molecule has 1 spiro atoms. The molecular weight excluding hydrogens is 357 g/mol. The lowest BCUT2D eigenvalue weighted by Crippen LogP contribution is -2.46. The number of carbonyl (C=O) groups excluding carboxylic acids is 2. The molecule has 2 amide bonds. The highest BCUT2D eigenvalue weighted by molar-refractivity contribution is 6.00. The number of nitrogens with one attached hydrogen (secondary N) is 1. The number of rotatable bonds is 3. The molecule has 1 saturated heterocycles. The second-order valence-corrected chi connectivity index (χ2v) is 7.90. The van der Waals surface area contributed by atoms with Gasteiger partial charge in [-0.05, 0) is 62.9 Å². The van der Waals surface area contributed by atoms with E-state index in [1.165, 1.54) is 12.1 Å². The molecule has 2 heterocycles. The van der Waals surface area contributed by atoms with Gasteiger partial charge in [0.05, 0.1) is 5.41 Å². The third-order valence-electron chi connectivity index (χ3n) is 5.93. The largest absolute Gasteiger partial charge is 0.348 e. The minimum Gasteiger partial charge on any atom is -0.348 e. The molecule has 0 unspecified atom stereocenters. The molecule has 2 fully saturated rings. The first-order valence-electron chi connectivity index (χ1n) is 9.79. The van der Waals surface area contributed by atoms with Gasteiger partial charge in [0.15, 0.2) is 0 Å². The van der Waals surface area contributed by atoms with E-state index in [0.29, 0.717) is 24.3 Å². The standard InChI is InChI=1S/C22H24FN3O2/c1-15-5-2-9-19(24-15)20(27)25-17-7-4-10-22(14-17)11-12-26(21(22)28)18-8-3-6-16(23)13-18/h2-3,5-6,8-9,13,17H,4,7,10-12,14H2,1H3,(H,25,27)/t17-,22+/m1/s1. The number of amides is 2. The number of carbonyl (C=O) groups is 2. The number of nitrogens with zero attached hydrogens (tertiary/aromatic N) is 2. The van der Waals surface area contributed by atoms with Gasteiger partial charge in [-0.3, -0.25) is 9.59 Å². The van der Waals surface area contributed by atoms with Crippen molar-refractivity contribution in [1.82, 2.24) is 10.3 Å². The lowest BCUT2D eigenvalue weighted by molar-refractivity contribution is -0.127. The molecule has 1 N–H and O–H groups in total. The summed E-state index contributed by atoms with van der Waals surface area (Å²) in [5.74, 6) is -0.491. The first kappa shape index (κ1) is 18.6. The molecule has 1 saturated carbocycles. The van der Waals surface area contributed by atoms with Crippen LogP contribution >= 0.6 is 0 Å². The van der Waals surface area contributed by atoms with E-state index >= 15 is 0 Å². The number of aromatic nitrogens is 1. The average Bonchev–Trinajstić information content (AvgIpc) is 2.97. The summed E-state index contributed by atoms with van der Waals surface area (Å²) in [6, 6.07) is 11.5. The molecule has 5 nitrogen and oxygen atoms in total. The summed E-state index contributed by atoms with van der Waals surface area (Å²) < 4.78 is 13.6. The van der Waals surface area contributed by atoms with Crippen molar-refractivity contribution in [2.45, 2.75) is 45.1 Å². The van der Waals surface area contributed by atoms with E-state index in [9.17, 15) is 14.0 Å². The topological polar surface area (TPSA) is 62.3 Å². The van der Waals surface area contributed by atoms with Crippen molar-refractivity contribution < 1.29 is 14.0 Å². The number of benzene rings is 1. The van der Waals surface area contributed by atoms with Crippen LogP contribution in [0, 0.1) is 18.2 Å². The molecular formula is C22H24FN3O2. The highest BCUT2D eigenvalue weighted by Crippen LogP contribution is 2.46. The Morgan fingerprint density at radius 1 is 1.25 bits per heavy atom. The quantitative estimate of drug-likeness (QED) is 0.883. The van der Waals surface area contributed by atoms with Gasteiger partial charge in [0.1, 0.15) is 11.5 Å². The van der Waals surface area contributed by atoms with Gasteiger partial charge in [-0.25, -0.2) is 9.37 Å². The molecule has 28 heavy (non-hydrogen) atoms. The van der Waals surface area contributed by atoms with Crippen LogP contribution in [-0.4, -0.2) is 29.4 Å². The normalized spacial score (nSPS) is 24.6. The Morgan fingerprint density at radius 3 is 2.86 bits per heavy atom. The third-order valence-corrected chi connectivity index (χ3v) is 5.93. The second-order valence-electron chi connectivity index (χ2n) is 7.90. The van der Waals surface area contributed by atoms with Gasteiger partial charge in [-0.1, -0.05) is 18.6 Å². The van der Waals surface area contributed by atoms with Crippen molar-refractivity contribution >= 4 is 17.5 Å². The molecule has 1 aliphatic heterocycles. The summed E-state index contributed by atoms with van der Waals surface area (Å²) in [6.45, 7) is 2.44. The molecule has 1 aliphatic carbocycles. The van der Waals surface area contributed by atoms with Crippen LogP contribution in [0.2, 0.25) is 0 Å². The highest BCUT2D eigenvalue weighted by atomic mass is 19.1. The molecule has 146 valence electrons. The number of pyridine rings is 1. The zero-order chi connectivity index (χ0) is 19.7. The van der Waals surface area contributed by atoms with E-state index < -0.39 is 5.41 Å². The molecule has 0 bridgehead atoms. The van der Waals surface area contributed by atoms with Crippen molar-refractivity contribution in [1.29, 1.82) is 0 Å². The minimum atomic E-state index is -0.470. The van der Waals surface area contributed by atoms with E-state index in [-0.39, 0.29) is 23.7 Å². The maximum Gasteiger partial charge on any atom is 0.270 e. The van der Waals surface area contributed by atoms with E-state index in [0.717, 1.165) is 31.4 Å². The summed E-state index contributed by atoms with van der Waals surface area (Å²) in [6.07, 6.45) is 3.90. The van der Waals surface area contributed by atoms with Crippen molar-refractivity contribution in [3.63, 3.8) is 0 Å². The number of aryl methyl sites for hydroxylation is 1. The summed E-state index contributed by atoms with van der Waals surface area (Å²) in [4.78, 5) is 31.8. The SMILES string of the molecule is Cc1cccc(C(=O)N[C@@H]2CCC[C@]3(CCN(c4cccc(F)c4)C3=O)C2)n1. The summed E-state index contributed by atoms with van der Waals surface area (Å²) >= 11 is 0. The number of anilines is 1. The lowest BCUT2D eigenvalue weighted by atomic mass is 9.71. The van der Waals surface area contributed by atoms with Gasteiger partial charge in [-0.2, -0.15) is 0 Å². The molecule has 1 aromatic carbocycles. The Bertz CT molecular complexity index is 916. The maximum atomic E-state index is 13.6. The Morgan fingerprint density at radius 2 is 2.07 bits per heavy atom. The van der Waals surface area contributed by atoms with Crippen LogP contribution in [-0.2, 0) is 4.79 Å². The molecule has 6 heteroatoms. The van der Waals surface area contributed by atoms with Crippen LogP contribution < -0.4 is 10.2 Å². The van der Waals surface area contributed by atoms with Crippen LogP contribution in [0.5, 0.6) is 0 Å². The van der Waals surface area contributed by atoms with E-state index in [2.05, 4.69) is 10.3 Å². The summed E-state index contributed by atoms with van der Waals surface area (Å²) in [7, 11) is 0. The lowest BCUT2D eigenvalue weighted by Gasteiger charge is -2.36. The first-order valence-corrected chi connectivity index (χ1v) is 9.79. The molecule has 1 aromatic heterocycles. The maximum absolute atomic E-state index is 13.6. The van der Waals surface area contributed by atoms with Crippen LogP contribution in [0.15, 0.2) is 42.5 Å². The number of hydrogen-bond donors (Lipinski definition) is 1. The number of hydrogen-bond acceptors (Lipinski definition) is 3. The molecule has 2 aliphatic rings. The predicted octanol–water partition coefficient (Wildman–Crippen LogP) is 3.62. The summed E-state index contributed by atoms with van der Waals surface area (Å²) in [5.41, 5.74) is 1.34. The Hall–Kier alpha value is -2.76. The zero-order valence-corrected chi connectivity index (χ0v) is 16.0. The van der Waals surface area contributed by atoms with E-state index in [1.807, 2.05) is 19.1 Å². The van der Waals surface area contributed by atoms with E-state index in [4.69, 9.17) is 0 Å². The van der Waals surface area contributed by atoms with Crippen LogP contribution in [0.25, 0.3) is 0 Å². The van der Waals surface area contributed by atoms with Crippen molar-refractivity contribution in [3.05, 3.63) is 59.7 Å². The van der Waals surface area contributed by atoms with Gasteiger partial charge in [0.2, 0.25) is 5.91 Å². The predicted molar refractivity (Wildman–Crippen MR) is 104 cm³/mol. The van der Waals surface area contributed by atoms with Gasteiger partial charge >= 0.3 is 0 Å². The van der Waals surface area contributed by atoms with Crippen LogP contribution in [0.4, 0.5) is 10.1 Å². The monoisotopic (exact) mass is 381 g/mol. The Labute approximate surface area is 164 Å². The summed E-state index contributed by atoms with van der Waals surface area (Å²) in [5, 5.41) is 3.07. The van der Waals surface area contributed by atoms with Gasteiger partial charge in [0, 0.05) is 24.0 Å². The van der Waals surface area contributed by atoms with Crippen molar-refractivity contribution in [2.24, 2.45) is 5.41 Å².